The first-order valence-electron chi connectivity index (χ1n) is 9.91. The molecule has 3 aliphatic heterocycles. The van der Waals surface area contributed by atoms with Crippen molar-refractivity contribution in [2.45, 2.75) is 44.6 Å². The van der Waals surface area contributed by atoms with Crippen molar-refractivity contribution >= 4 is 12.0 Å². The molecule has 2 fully saturated rings. The van der Waals surface area contributed by atoms with E-state index in [1.807, 2.05) is 6.07 Å². The second kappa shape index (κ2) is 5.23. The van der Waals surface area contributed by atoms with Gasteiger partial charge in [0.1, 0.15) is 24.6 Å². The van der Waals surface area contributed by atoms with E-state index in [-0.39, 0.29) is 11.3 Å². The minimum Gasteiger partial charge on any atom is -0.506 e. The molecule has 0 radical (unpaired) electrons. The van der Waals surface area contributed by atoms with Gasteiger partial charge in [0.15, 0.2) is 0 Å². The van der Waals surface area contributed by atoms with Crippen LogP contribution in [0.4, 0.5) is 5.69 Å². The Kier molecular flexibility index (Phi) is 3.24. The zero-order valence-corrected chi connectivity index (χ0v) is 15.6. The Balaban J connectivity index is 1.82. The number of nitrogens with one attached hydrogen (secondary N) is 1. The van der Waals surface area contributed by atoms with E-state index in [0.29, 0.717) is 11.8 Å². The van der Waals surface area contributed by atoms with Gasteiger partial charge >= 0.3 is 0 Å². The number of phenols is 1. The zero-order valence-electron chi connectivity index (χ0n) is 15.6. The van der Waals surface area contributed by atoms with Gasteiger partial charge in [0, 0.05) is 30.0 Å². The number of hydrogen-bond acceptors (Lipinski definition) is 3. The molecule has 4 nitrogen and oxygen atoms in total. The highest BCUT2D eigenvalue weighted by Crippen LogP contribution is 2.64. The molecule has 0 aromatic heterocycles. The van der Waals surface area contributed by atoms with Crippen molar-refractivity contribution in [2.24, 2.45) is 5.92 Å². The van der Waals surface area contributed by atoms with Gasteiger partial charge in [-0.3, -0.25) is 4.79 Å². The maximum Gasteiger partial charge on any atom is 0.148 e. The Morgan fingerprint density at radius 2 is 2.27 bits per heavy atom. The summed E-state index contributed by atoms with van der Waals surface area (Å²) >= 11 is 0. The fourth-order valence-electron chi connectivity index (χ4n) is 6.73. The number of carbonyl (C=O) groups excluding carboxylic acids is 1. The Morgan fingerprint density at radius 1 is 1.42 bits per heavy atom. The summed E-state index contributed by atoms with van der Waals surface area (Å²) in [5, 5.41) is 14.0. The van der Waals surface area contributed by atoms with Crippen molar-refractivity contribution in [3.8, 4) is 5.75 Å². The molecule has 1 aromatic carbocycles. The molecule has 3 heterocycles. The number of nitrogens with zero attached hydrogens (tertiary/aromatic N) is 1. The van der Waals surface area contributed by atoms with Crippen molar-refractivity contribution in [3.05, 3.63) is 46.7 Å². The van der Waals surface area contributed by atoms with Gasteiger partial charge in [-0.25, -0.2) is 0 Å². The number of quaternary nitrogens is 1. The number of aldehydes is 1. The number of carbonyl (C=O) groups is 1. The predicted molar refractivity (Wildman–Crippen MR) is 102 cm³/mol. The van der Waals surface area contributed by atoms with Gasteiger partial charge in [-0.2, -0.15) is 0 Å². The summed E-state index contributed by atoms with van der Waals surface area (Å²) in [6.45, 7) is 7.80. The Hall–Kier alpha value is -2.07. The number of allylic oxidation sites excluding steroid dienone is 2. The lowest BCUT2D eigenvalue weighted by Gasteiger charge is -2.53. The van der Waals surface area contributed by atoms with Crippen molar-refractivity contribution < 1.29 is 14.4 Å². The number of aromatic hydroxyl groups is 1. The van der Waals surface area contributed by atoms with Crippen LogP contribution in [0.25, 0.3) is 0 Å². The summed E-state index contributed by atoms with van der Waals surface area (Å²) in [5.41, 5.74) is 5.32. The van der Waals surface area contributed by atoms with Crippen molar-refractivity contribution in [1.29, 1.82) is 0 Å². The monoisotopic (exact) mass is 351 g/mol. The van der Waals surface area contributed by atoms with E-state index in [1.54, 1.807) is 6.07 Å². The molecule has 4 heteroatoms. The molecule has 1 unspecified atom stereocenters. The largest absolute Gasteiger partial charge is 0.506 e. The van der Waals surface area contributed by atoms with Crippen molar-refractivity contribution in [3.63, 3.8) is 0 Å². The van der Waals surface area contributed by atoms with Crippen LogP contribution in [0.5, 0.6) is 5.75 Å². The summed E-state index contributed by atoms with van der Waals surface area (Å²) in [4.78, 5) is 12.2. The second-order valence-electron chi connectivity index (χ2n) is 8.49. The molecule has 4 aliphatic rings. The van der Waals surface area contributed by atoms with Crippen LogP contribution in [0.3, 0.4) is 0 Å². The lowest BCUT2D eigenvalue weighted by Crippen LogP contribution is -2.63. The van der Waals surface area contributed by atoms with Gasteiger partial charge in [0.05, 0.1) is 24.2 Å². The lowest BCUT2D eigenvalue weighted by molar-refractivity contribution is -0.941. The van der Waals surface area contributed by atoms with Gasteiger partial charge in [-0.05, 0) is 30.5 Å². The number of benzene rings is 1. The van der Waals surface area contributed by atoms with E-state index in [2.05, 4.69) is 31.3 Å². The molecule has 26 heavy (non-hydrogen) atoms. The van der Waals surface area contributed by atoms with E-state index in [9.17, 15) is 9.90 Å². The molecule has 5 rings (SSSR count). The number of anilines is 1. The van der Waals surface area contributed by atoms with Crippen LogP contribution in [-0.4, -0.2) is 41.6 Å². The van der Waals surface area contributed by atoms with Gasteiger partial charge < -0.3 is 14.9 Å². The van der Waals surface area contributed by atoms with Crippen LogP contribution in [0.1, 0.15) is 38.7 Å². The molecule has 136 valence electrons. The Labute approximate surface area is 154 Å². The number of rotatable bonds is 3. The Bertz CT molecular complexity index is 871. The SMILES string of the molecule is CC=C1C[N+]2(CCC)CC[C@]34C(=C(C=O)[C@H]1C[C@@H]32)Nc1c(O)cccc14. The van der Waals surface area contributed by atoms with Crippen LogP contribution in [0.15, 0.2) is 41.1 Å². The first-order valence-corrected chi connectivity index (χ1v) is 9.91. The lowest BCUT2D eigenvalue weighted by atomic mass is 9.61. The van der Waals surface area contributed by atoms with Crippen LogP contribution in [0.2, 0.25) is 0 Å². The fourth-order valence-corrected chi connectivity index (χ4v) is 6.73. The molecular weight excluding hydrogens is 324 g/mol. The topological polar surface area (TPSA) is 49.3 Å². The van der Waals surface area contributed by atoms with E-state index in [1.165, 1.54) is 24.1 Å². The first kappa shape index (κ1) is 16.1. The quantitative estimate of drug-likeness (QED) is 0.379. The third-order valence-electron chi connectivity index (χ3n) is 7.64. The minimum absolute atomic E-state index is 0.130. The summed E-state index contributed by atoms with van der Waals surface area (Å²) < 4.78 is 1.14. The number of para-hydroxylation sites is 1. The molecule has 2 bridgehead atoms. The first-order chi connectivity index (χ1) is 12.6. The van der Waals surface area contributed by atoms with E-state index in [4.69, 9.17) is 0 Å². The number of piperidine rings is 1. The highest BCUT2D eigenvalue weighted by molar-refractivity contribution is 5.85. The molecule has 0 amide bonds. The number of hydrogen-bond donors (Lipinski definition) is 2. The van der Waals surface area contributed by atoms with E-state index < -0.39 is 0 Å². The second-order valence-corrected chi connectivity index (χ2v) is 8.49. The van der Waals surface area contributed by atoms with E-state index in [0.717, 1.165) is 53.7 Å². The average molecular weight is 351 g/mol. The van der Waals surface area contributed by atoms with Crippen LogP contribution in [-0.2, 0) is 10.2 Å². The summed E-state index contributed by atoms with van der Waals surface area (Å²) in [5.74, 6) is 0.529. The smallest absolute Gasteiger partial charge is 0.148 e. The van der Waals surface area contributed by atoms with Gasteiger partial charge in [0.25, 0.3) is 0 Å². The predicted octanol–water partition coefficient (Wildman–Crippen LogP) is 3.49. The molecule has 2 saturated heterocycles. The molecule has 1 spiro atoms. The molecular formula is C22H27N2O2+. The van der Waals surface area contributed by atoms with Crippen molar-refractivity contribution in [2.75, 3.05) is 25.0 Å². The van der Waals surface area contributed by atoms with Crippen LogP contribution in [0, 0.1) is 5.92 Å². The number of fused-ring (bicyclic) bond motifs is 2. The van der Waals surface area contributed by atoms with Crippen molar-refractivity contribution in [1.82, 2.24) is 0 Å². The molecule has 1 aliphatic carbocycles. The van der Waals surface area contributed by atoms with Crippen LogP contribution < -0.4 is 5.32 Å². The third-order valence-corrected chi connectivity index (χ3v) is 7.64. The number of phenolic OH excluding ortho intramolecular Hbond substituents is 1. The van der Waals surface area contributed by atoms with Gasteiger partial charge in [-0.15, -0.1) is 0 Å². The summed E-state index contributed by atoms with van der Waals surface area (Å²) in [6.07, 6.45) is 6.60. The molecule has 0 saturated carbocycles. The third kappa shape index (κ3) is 1.67. The highest BCUT2D eigenvalue weighted by atomic mass is 16.3. The van der Waals surface area contributed by atoms with Crippen LogP contribution >= 0.6 is 0 Å². The normalized spacial score (nSPS) is 38.2. The maximum atomic E-state index is 12.2. The van der Waals surface area contributed by atoms with Gasteiger partial charge in [-0.1, -0.05) is 25.1 Å². The molecule has 1 aromatic rings. The molecule has 2 N–H and O–H groups in total. The van der Waals surface area contributed by atoms with Gasteiger partial charge in [0.2, 0.25) is 0 Å². The zero-order chi connectivity index (χ0) is 18.1. The fraction of sp³-hybridized carbons (Fsp3) is 0.500. The average Bonchev–Trinajstić information content (AvgIpc) is 3.17. The maximum absolute atomic E-state index is 12.2. The standard InChI is InChI=1S/C22H26N2O2/c1-3-9-24-10-8-22-17-6-5-7-18(26)20(17)23-21(22)16(13-25)15(11-19(22)24)14(4-2)12-24/h4-7,13,15,19H,3,8-12H2,1-2H3,(H-,23,25,26)/p+1/t15-,19-,22+,24?/m0/s1. The summed E-state index contributed by atoms with van der Waals surface area (Å²) in [7, 11) is 0. The summed E-state index contributed by atoms with van der Waals surface area (Å²) in [6, 6.07) is 6.35. The minimum atomic E-state index is -0.130. The van der Waals surface area contributed by atoms with E-state index >= 15 is 0 Å². The Morgan fingerprint density at radius 3 is 3.00 bits per heavy atom. The molecule has 4 atom stereocenters. The highest BCUT2D eigenvalue weighted by Gasteiger charge is 2.68.